The topological polar surface area (TPSA) is 48.7 Å². The largest absolute Gasteiger partial charge is 0.307 e. The first-order valence-electron chi connectivity index (χ1n) is 5.83. The molecular weight excluding hydrogens is 198 g/mol. The number of nitrogens with zero attached hydrogens (tertiary/aromatic N) is 2. The minimum atomic E-state index is 0.310. The molecule has 2 atom stereocenters. The second-order valence-corrected chi connectivity index (χ2v) is 4.02. The van der Waals surface area contributed by atoms with Crippen molar-refractivity contribution in [3.8, 4) is 6.07 Å². The van der Waals surface area contributed by atoms with Crippen LogP contribution < -0.4 is 5.32 Å². The molecule has 0 bridgehead atoms. The molecule has 0 radical (unpaired) electrons. The molecule has 0 amide bonds. The van der Waals surface area contributed by atoms with Crippen molar-refractivity contribution in [2.45, 2.75) is 45.7 Å². The molecular formula is C13H19N3. The van der Waals surface area contributed by atoms with Gasteiger partial charge >= 0.3 is 0 Å². The quantitative estimate of drug-likeness (QED) is 0.825. The lowest BCUT2D eigenvalue weighted by atomic mass is 10.0. The van der Waals surface area contributed by atoms with Gasteiger partial charge in [0.15, 0.2) is 0 Å². The summed E-state index contributed by atoms with van der Waals surface area (Å²) in [4.78, 5) is 3.98. The third-order valence-corrected chi connectivity index (χ3v) is 2.81. The summed E-state index contributed by atoms with van der Waals surface area (Å²) in [5.74, 6) is 0. The van der Waals surface area contributed by atoms with Gasteiger partial charge in [0, 0.05) is 18.3 Å². The highest BCUT2D eigenvalue weighted by atomic mass is 14.9. The molecule has 1 rings (SSSR count). The van der Waals surface area contributed by atoms with E-state index in [1.165, 1.54) is 0 Å². The van der Waals surface area contributed by atoms with Crippen LogP contribution in [0, 0.1) is 11.3 Å². The Morgan fingerprint density at radius 1 is 1.44 bits per heavy atom. The fraction of sp³-hybridized carbons (Fsp3) is 0.538. The molecule has 3 heteroatoms. The molecule has 86 valence electrons. The van der Waals surface area contributed by atoms with Crippen LogP contribution in [0.15, 0.2) is 18.3 Å². The predicted molar refractivity (Wildman–Crippen MR) is 64.9 cm³/mol. The number of pyridine rings is 1. The molecule has 3 nitrogen and oxygen atoms in total. The fourth-order valence-electron chi connectivity index (χ4n) is 1.64. The minimum Gasteiger partial charge on any atom is -0.307 e. The third kappa shape index (κ3) is 3.32. The summed E-state index contributed by atoms with van der Waals surface area (Å²) in [6, 6.07) is 6.72. The van der Waals surface area contributed by atoms with Gasteiger partial charge in [-0.1, -0.05) is 13.8 Å². The van der Waals surface area contributed by atoms with Gasteiger partial charge in [-0.2, -0.15) is 5.26 Å². The van der Waals surface area contributed by atoms with Gasteiger partial charge in [-0.15, -0.1) is 0 Å². The second-order valence-electron chi connectivity index (χ2n) is 4.02. The van der Waals surface area contributed by atoms with Gasteiger partial charge in [0.1, 0.15) is 11.8 Å². The van der Waals surface area contributed by atoms with Gasteiger partial charge < -0.3 is 5.32 Å². The number of nitrogens with one attached hydrogen (secondary N) is 1. The zero-order chi connectivity index (χ0) is 12.0. The lowest BCUT2D eigenvalue weighted by Crippen LogP contribution is -2.29. The Kier molecular flexibility index (Phi) is 4.94. The summed E-state index contributed by atoms with van der Waals surface area (Å²) >= 11 is 0. The Bertz CT molecular complexity index is 368. The molecule has 1 heterocycles. The average Bonchev–Trinajstić information content (AvgIpc) is 2.35. The number of hydrogen-bond acceptors (Lipinski definition) is 3. The summed E-state index contributed by atoms with van der Waals surface area (Å²) < 4.78 is 0. The Balaban J connectivity index is 2.82. The van der Waals surface area contributed by atoms with Crippen molar-refractivity contribution in [2.75, 3.05) is 0 Å². The first-order valence-corrected chi connectivity index (χ1v) is 5.83. The number of nitriles is 1. The van der Waals surface area contributed by atoms with E-state index in [4.69, 9.17) is 5.26 Å². The molecule has 0 aliphatic heterocycles. The Hall–Kier alpha value is -1.40. The van der Waals surface area contributed by atoms with E-state index in [1.54, 1.807) is 6.20 Å². The Morgan fingerprint density at radius 3 is 2.75 bits per heavy atom. The van der Waals surface area contributed by atoms with Crippen LogP contribution in [-0.2, 0) is 0 Å². The maximum absolute atomic E-state index is 8.81. The monoisotopic (exact) mass is 217 g/mol. The van der Waals surface area contributed by atoms with Gasteiger partial charge in [0.25, 0.3) is 0 Å². The SMILES string of the molecule is CCC(C)N[C@@H](CC)c1ccnc(C#N)c1. The molecule has 1 N–H and O–H groups in total. The van der Waals surface area contributed by atoms with E-state index in [0.29, 0.717) is 17.8 Å². The summed E-state index contributed by atoms with van der Waals surface area (Å²) in [6.45, 7) is 6.49. The van der Waals surface area contributed by atoms with Crippen LogP contribution in [0.5, 0.6) is 0 Å². The smallest absolute Gasteiger partial charge is 0.140 e. The standard InChI is InChI=1S/C13H19N3/c1-4-10(3)16-13(5-2)11-6-7-15-12(8-11)9-14/h6-8,10,13,16H,4-5H2,1-3H3/t10?,13-/m0/s1. The lowest BCUT2D eigenvalue weighted by molar-refractivity contribution is 0.437. The first-order chi connectivity index (χ1) is 7.71. The summed E-state index contributed by atoms with van der Waals surface area (Å²) in [7, 11) is 0. The van der Waals surface area contributed by atoms with Crippen molar-refractivity contribution in [1.82, 2.24) is 10.3 Å². The van der Waals surface area contributed by atoms with Crippen LogP contribution in [0.4, 0.5) is 0 Å². The predicted octanol–water partition coefficient (Wildman–Crippen LogP) is 2.79. The summed E-state index contributed by atoms with van der Waals surface area (Å²) in [5.41, 5.74) is 1.64. The highest BCUT2D eigenvalue weighted by molar-refractivity contribution is 5.27. The van der Waals surface area contributed by atoms with E-state index in [2.05, 4.69) is 37.1 Å². The maximum Gasteiger partial charge on any atom is 0.140 e. The molecule has 1 aromatic heterocycles. The number of rotatable bonds is 5. The zero-order valence-electron chi connectivity index (χ0n) is 10.2. The van der Waals surface area contributed by atoms with E-state index in [9.17, 15) is 0 Å². The maximum atomic E-state index is 8.81. The van der Waals surface area contributed by atoms with E-state index in [0.717, 1.165) is 18.4 Å². The normalized spacial score (nSPS) is 14.1. The van der Waals surface area contributed by atoms with Crippen molar-refractivity contribution >= 4 is 0 Å². The summed E-state index contributed by atoms with van der Waals surface area (Å²) in [6.07, 6.45) is 3.82. The van der Waals surface area contributed by atoms with Crippen molar-refractivity contribution in [2.24, 2.45) is 0 Å². The number of hydrogen-bond donors (Lipinski definition) is 1. The second kappa shape index (κ2) is 6.24. The number of aromatic nitrogens is 1. The zero-order valence-corrected chi connectivity index (χ0v) is 10.2. The minimum absolute atomic E-state index is 0.310. The van der Waals surface area contributed by atoms with Crippen molar-refractivity contribution in [1.29, 1.82) is 5.26 Å². The van der Waals surface area contributed by atoms with Gasteiger partial charge in [-0.3, -0.25) is 0 Å². The van der Waals surface area contributed by atoms with Crippen LogP contribution >= 0.6 is 0 Å². The summed E-state index contributed by atoms with van der Waals surface area (Å²) in [5, 5.41) is 12.4. The van der Waals surface area contributed by atoms with Gasteiger partial charge in [-0.25, -0.2) is 4.98 Å². The van der Waals surface area contributed by atoms with Crippen LogP contribution in [0.3, 0.4) is 0 Å². The molecule has 16 heavy (non-hydrogen) atoms. The van der Waals surface area contributed by atoms with E-state index in [-0.39, 0.29) is 0 Å². The molecule has 0 spiro atoms. The van der Waals surface area contributed by atoms with Crippen LogP contribution in [0.1, 0.15) is 50.9 Å². The molecule has 0 saturated carbocycles. The van der Waals surface area contributed by atoms with Crippen molar-refractivity contribution in [3.05, 3.63) is 29.6 Å². The molecule has 0 aliphatic rings. The first kappa shape index (κ1) is 12.7. The van der Waals surface area contributed by atoms with Crippen LogP contribution in [0.25, 0.3) is 0 Å². The van der Waals surface area contributed by atoms with Crippen molar-refractivity contribution < 1.29 is 0 Å². The molecule has 1 unspecified atom stereocenters. The van der Waals surface area contributed by atoms with Crippen molar-refractivity contribution in [3.63, 3.8) is 0 Å². The molecule has 0 aliphatic carbocycles. The average molecular weight is 217 g/mol. The van der Waals surface area contributed by atoms with E-state index >= 15 is 0 Å². The van der Waals surface area contributed by atoms with Crippen LogP contribution in [-0.4, -0.2) is 11.0 Å². The highest BCUT2D eigenvalue weighted by Gasteiger charge is 2.11. The molecule has 0 saturated heterocycles. The highest BCUT2D eigenvalue weighted by Crippen LogP contribution is 2.17. The van der Waals surface area contributed by atoms with E-state index < -0.39 is 0 Å². The van der Waals surface area contributed by atoms with Gasteiger partial charge in [0.05, 0.1) is 0 Å². The molecule has 1 aromatic rings. The van der Waals surface area contributed by atoms with E-state index in [1.807, 2.05) is 12.1 Å². The molecule has 0 aromatic carbocycles. The fourth-order valence-corrected chi connectivity index (χ4v) is 1.64. The third-order valence-electron chi connectivity index (χ3n) is 2.81. The molecule has 0 fully saturated rings. The Morgan fingerprint density at radius 2 is 2.19 bits per heavy atom. The van der Waals surface area contributed by atoms with Crippen LogP contribution in [0.2, 0.25) is 0 Å². The Labute approximate surface area is 97.5 Å². The lowest BCUT2D eigenvalue weighted by Gasteiger charge is -2.21. The van der Waals surface area contributed by atoms with Gasteiger partial charge in [-0.05, 0) is 37.5 Å². The van der Waals surface area contributed by atoms with Gasteiger partial charge in [0.2, 0.25) is 0 Å².